The van der Waals surface area contributed by atoms with E-state index in [1.54, 1.807) is 19.2 Å². The molecular formula is C6H12N2O. The van der Waals surface area contributed by atoms with Crippen LogP contribution in [0.15, 0.2) is 0 Å². The van der Waals surface area contributed by atoms with Crippen molar-refractivity contribution in [1.82, 2.24) is 5.06 Å². The average Bonchev–Trinajstić information content (AvgIpc) is 2.40. The summed E-state index contributed by atoms with van der Waals surface area (Å²) in [5.41, 5.74) is 0. The van der Waals surface area contributed by atoms with Gasteiger partial charge in [0, 0.05) is 20.0 Å². The summed E-state index contributed by atoms with van der Waals surface area (Å²) in [5, 5.41) is 8.83. The summed E-state index contributed by atoms with van der Waals surface area (Å²) in [4.78, 5) is 4.99. The Labute approximate surface area is 55.1 Å². The predicted octanol–water partition coefficient (Wildman–Crippen LogP) is 0.867. The largest absolute Gasteiger partial charge is 0.391 e. The van der Waals surface area contributed by atoms with Crippen molar-refractivity contribution < 1.29 is 4.84 Å². The van der Waals surface area contributed by atoms with Crippen LogP contribution in [-0.4, -0.2) is 25.1 Å². The smallest absolute Gasteiger partial charge is 0.209 e. The van der Waals surface area contributed by atoms with E-state index in [-0.39, 0.29) is 0 Å². The molecule has 0 aromatic carbocycles. The molecule has 1 saturated carbocycles. The second-order valence-electron chi connectivity index (χ2n) is 2.54. The quantitative estimate of drug-likeness (QED) is 0.340. The van der Waals surface area contributed by atoms with Crippen LogP contribution in [0.2, 0.25) is 0 Å². The Hall–Kier alpha value is -0.570. The third-order valence-corrected chi connectivity index (χ3v) is 1.23. The van der Waals surface area contributed by atoms with Crippen LogP contribution >= 0.6 is 0 Å². The van der Waals surface area contributed by atoms with Gasteiger partial charge < -0.3 is 4.84 Å². The van der Waals surface area contributed by atoms with E-state index in [0.29, 0.717) is 11.8 Å². The van der Waals surface area contributed by atoms with Gasteiger partial charge in [-0.25, -0.2) is 0 Å². The fourth-order valence-electron chi connectivity index (χ4n) is 0.617. The lowest BCUT2D eigenvalue weighted by molar-refractivity contribution is -0.0245. The van der Waals surface area contributed by atoms with Crippen molar-refractivity contribution in [3.05, 3.63) is 0 Å². The number of hydrogen-bond acceptors (Lipinski definition) is 3. The van der Waals surface area contributed by atoms with Crippen molar-refractivity contribution in [1.29, 1.82) is 5.41 Å². The highest BCUT2D eigenvalue weighted by Crippen LogP contribution is 2.30. The van der Waals surface area contributed by atoms with Gasteiger partial charge in [-0.3, -0.25) is 5.41 Å². The van der Waals surface area contributed by atoms with Crippen LogP contribution in [-0.2, 0) is 4.84 Å². The van der Waals surface area contributed by atoms with Crippen LogP contribution in [0.4, 0.5) is 0 Å². The molecule has 0 saturated heterocycles. The van der Waals surface area contributed by atoms with Crippen LogP contribution in [0, 0.1) is 11.3 Å². The van der Waals surface area contributed by atoms with Gasteiger partial charge in [-0.05, 0) is 12.8 Å². The zero-order valence-corrected chi connectivity index (χ0v) is 5.85. The highest BCUT2D eigenvalue weighted by Gasteiger charge is 2.28. The zero-order chi connectivity index (χ0) is 6.85. The van der Waals surface area contributed by atoms with Gasteiger partial charge in [-0.1, -0.05) is 0 Å². The predicted molar refractivity (Wildman–Crippen MR) is 35.2 cm³/mol. The fraction of sp³-hybridized carbons (Fsp3) is 0.833. The molecule has 0 spiro atoms. The van der Waals surface area contributed by atoms with Gasteiger partial charge in [0.2, 0.25) is 5.90 Å². The average molecular weight is 128 g/mol. The Balaban J connectivity index is 2.18. The summed E-state index contributed by atoms with van der Waals surface area (Å²) >= 11 is 0. The lowest BCUT2D eigenvalue weighted by Crippen LogP contribution is -2.18. The summed E-state index contributed by atoms with van der Waals surface area (Å²) in [6, 6.07) is 0. The summed E-state index contributed by atoms with van der Waals surface area (Å²) < 4.78 is 0. The van der Waals surface area contributed by atoms with Gasteiger partial charge in [0.25, 0.3) is 0 Å². The molecule has 0 heterocycles. The van der Waals surface area contributed by atoms with Crippen LogP contribution in [0.25, 0.3) is 0 Å². The molecule has 0 bridgehead atoms. The highest BCUT2D eigenvalue weighted by molar-refractivity contribution is 5.77. The molecule has 1 N–H and O–H groups in total. The first kappa shape index (κ1) is 6.55. The lowest BCUT2D eigenvalue weighted by atomic mass is 10.4. The molecule has 0 radical (unpaired) electrons. The summed E-state index contributed by atoms with van der Waals surface area (Å²) in [5.74, 6) is 0.840. The fourth-order valence-corrected chi connectivity index (χ4v) is 0.617. The van der Waals surface area contributed by atoms with Crippen molar-refractivity contribution >= 4 is 5.90 Å². The minimum Gasteiger partial charge on any atom is -0.391 e. The van der Waals surface area contributed by atoms with E-state index in [0.717, 1.165) is 12.8 Å². The van der Waals surface area contributed by atoms with E-state index < -0.39 is 0 Å². The standard InChI is InChI=1S/C6H12N2O/c1-8(2)9-6(7)5-3-4-5/h5,7H,3-4H2,1-2H3. The number of hydrogen-bond donors (Lipinski definition) is 1. The summed E-state index contributed by atoms with van der Waals surface area (Å²) in [6.07, 6.45) is 2.26. The number of nitrogens with zero attached hydrogens (tertiary/aromatic N) is 1. The maximum Gasteiger partial charge on any atom is 0.209 e. The first-order valence-electron chi connectivity index (χ1n) is 3.14. The van der Waals surface area contributed by atoms with Gasteiger partial charge in [-0.2, -0.15) is 0 Å². The molecule has 1 fully saturated rings. The second kappa shape index (κ2) is 2.35. The number of nitrogens with one attached hydrogen (secondary N) is 1. The van der Waals surface area contributed by atoms with E-state index in [1.807, 2.05) is 0 Å². The normalized spacial score (nSPS) is 18.1. The molecule has 3 nitrogen and oxygen atoms in total. The molecule has 3 heteroatoms. The molecule has 1 rings (SSSR count). The van der Waals surface area contributed by atoms with E-state index in [2.05, 4.69) is 0 Å². The van der Waals surface area contributed by atoms with Crippen molar-refractivity contribution in [2.24, 2.45) is 5.92 Å². The van der Waals surface area contributed by atoms with Crippen molar-refractivity contribution in [3.63, 3.8) is 0 Å². The molecule has 0 unspecified atom stereocenters. The van der Waals surface area contributed by atoms with Crippen LogP contribution in [0.1, 0.15) is 12.8 Å². The van der Waals surface area contributed by atoms with Crippen molar-refractivity contribution in [2.75, 3.05) is 14.1 Å². The molecule has 0 aromatic rings. The van der Waals surface area contributed by atoms with Crippen LogP contribution in [0.3, 0.4) is 0 Å². The third kappa shape index (κ3) is 2.01. The minimum absolute atomic E-state index is 0.417. The molecule has 0 aliphatic heterocycles. The van der Waals surface area contributed by atoms with E-state index >= 15 is 0 Å². The molecule has 0 atom stereocenters. The summed E-state index contributed by atoms with van der Waals surface area (Å²) in [6.45, 7) is 0. The van der Waals surface area contributed by atoms with Gasteiger partial charge in [0.05, 0.1) is 0 Å². The highest BCUT2D eigenvalue weighted by atomic mass is 16.7. The van der Waals surface area contributed by atoms with Gasteiger partial charge >= 0.3 is 0 Å². The lowest BCUT2D eigenvalue weighted by Gasteiger charge is -2.10. The Morgan fingerprint density at radius 2 is 2.11 bits per heavy atom. The first-order valence-corrected chi connectivity index (χ1v) is 3.14. The van der Waals surface area contributed by atoms with Crippen LogP contribution in [0.5, 0.6) is 0 Å². The van der Waals surface area contributed by atoms with Crippen molar-refractivity contribution in [2.45, 2.75) is 12.8 Å². The molecule has 1 aliphatic carbocycles. The Bertz CT molecular complexity index is 118. The Morgan fingerprint density at radius 1 is 1.56 bits per heavy atom. The Kier molecular flexibility index (Phi) is 1.71. The van der Waals surface area contributed by atoms with Gasteiger partial charge in [-0.15, -0.1) is 5.06 Å². The SMILES string of the molecule is CN(C)OC(=N)C1CC1. The first-order chi connectivity index (χ1) is 4.20. The topological polar surface area (TPSA) is 36.3 Å². The monoisotopic (exact) mass is 128 g/mol. The van der Waals surface area contributed by atoms with E-state index in [1.165, 1.54) is 0 Å². The number of hydroxylamine groups is 2. The zero-order valence-electron chi connectivity index (χ0n) is 5.85. The molecule has 0 aromatic heterocycles. The minimum atomic E-state index is 0.417. The molecule has 52 valence electrons. The molecule has 0 amide bonds. The summed E-state index contributed by atoms with van der Waals surface area (Å²) in [7, 11) is 3.58. The van der Waals surface area contributed by atoms with E-state index in [9.17, 15) is 0 Å². The molecular weight excluding hydrogens is 116 g/mol. The maximum absolute atomic E-state index is 7.27. The number of rotatable bonds is 2. The van der Waals surface area contributed by atoms with Crippen LogP contribution < -0.4 is 0 Å². The maximum atomic E-state index is 7.27. The molecule has 1 aliphatic rings. The van der Waals surface area contributed by atoms with Gasteiger partial charge in [0.15, 0.2) is 0 Å². The Morgan fingerprint density at radius 3 is 2.44 bits per heavy atom. The van der Waals surface area contributed by atoms with Crippen molar-refractivity contribution in [3.8, 4) is 0 Å². The second-order valence-corrected chi connectivity index (χ2v) is 2.54. The van der Waals surface area contributed by atoms with Gasteiger partial charge in [0.1, 0.15) is 0 Å². The van der Waals surface area contributed by atoms with E-state index in [4.69, 9.17) is 10.2 Å². The molecule has 9 heavy (non-hydrogen) atoms. The third-order valence-electron chi connectivity index (χ3n) is 1.23.